The second kappa shape index (κ2) is 5.83. The molecule has 3 heteroatoms. The Hall–Kier alpha value is -1.35. The third-order valence-corrected chi connectivity index (χ3v) is 9.03. The number of fused-ring (bicyclic) bond motifs is 5. The number of hydrogen-bond acceptors (Lipinski definition) is 2. The van der Waals surface area contributed by atoms with Crippen LogP contribution in [0.2, 0.25) is 0 Å². The summed E-state index contributed by atoms with van der Waals surface area (Å²) in [5, 5.41) is 10.3. The molecule has 1 aromatic rings. The van der Waals surface area contributed by atoms with Gasteiger partial charge >= 0.3 is 0 Å². The zero-order valence-corrected chi connectivity index (χ0v) is 17.3. The molecule has 0 spiro atoms. The zero-order valence-electron chi connectivity index (χ0n) is 17.3. The first kappa shape index (κ1) is 17.7. The van der Waals surface area contributed by atoms with Crippen molar-refractivity contribution in [3.8, 4) is 0 Å². The third kappa shape index (κ3) is 2.33. The molecule has 0 saturated heterocycles. The topological polar surface area (TPSA) is 38.0 Å². The van der Waals surface area contributed by atoms with Gasteiger partial charge in [0.2, 0.25) is 0 Å². The highest BCUT2D eigenvalue weighted by molar-refractivity contribution is 5.61. The van der Waals surface area contributed by atoms with E-state index < -0.39 is 0 Å². The molecule has 4 aliphatic carbocycles. The van der Waals surface area contributed by atoms with Crippen molar-refractivity contribution in [3.63, 3.8) is 0 Å². The highest BCUT2D eigenvalue weighted by atomic mass is 16.3. The predicted molar refractivity (Wildman–Crippen MR) is 109 cm³/mol. The van der Waals surface area contributed by atoms with Crippen LogP contribution in [0.4, 0.5) is 0 Å². The van der Waals surface area contributed by atoms with Crippen LogP contribution in [0.5, 0.6) is 0 Å². The van der Waals surface area contributed by atoms with E-state index in [1.165, 1.54) is 25.0 Å². The smallest absolute Gasteiger partial charge is 0.0989 e. The van der Waals surface area contributed by atoms with E-state index in [2.05, 4.69) is 49.5 Å². The molecule has 2 saturated carbocycles. The third-order valence-electron chi connectivity index (χ3n) is 9.03. The number of rotatable bonds is 1. The molecule has 0 aromatic carbocycles. The molecule has 146 valence electrons. The van der Waals surface area contributed by atoms with E-state index in [1.54, 1.807) is 11.1 Å². The average Bonchev–Trinajstić information content (AvgIpc) is 3.21. The van der Waals surface area contributed by atoms with Gasteiger partial charge in [-0.2, -0.15) is 0 Å². The molecule has 2 unspecified atom stereocenters. The molecule has 3 nitrogen and oxygen atoms in total. The standard InChI is InChI=1S/C24H34N2O/c1-15-11-17-13-18(27)5-7-23(17,3)19-6-8-24(4)20(21(15)19)12-16(2)22(24)26-10-9-25-14-26/h9-11,14-15,18-21,27H,5-8,12-13H2,1-4H3/t15?,18?,19-,20+,21-,23+,24+/m1/s1. The summed E-state index contributed by atoms with van der Waals surface area (Å²) in [6.07, 6.45) is 15.4. The molecule has 0 amide bonds. The Labute approximate surface area is 163 Å². The number of aromatic nitrogens is 2. The summed E-state index contributed by atoms with van der Waals surface area (Å²) in [7, 11) is 0. The Kier molecular flexibility index (Phi) is 3.82. The molecule has 0 radical (unpaired) electrons. The lowest BCUT2D eigenvalue weighted by molar-refractivity contribution is -0.0439. The Balaban J connectivity index is 1.55. The maximum Gasteiger partial charge on any atom is 0.0989 e. The molecule has 1 aromatic heterocycles. The van der Waals surface area contributed by atoms with Crippen LogP contribution < -0.4 is 0 Å². The number of aliphatic hydroxyl groups is 1. The normalized spacial score (nSPS) is 46.6. The van der Waals surface area contributed by atoms with Crippen molar-refractivity contribution in [3.05, 3.63) is 35.9 Å². The molecule has 1 N–H and O–H groups in total. The molecule has 4 aliphatic rings. The van der Waals surface area contributed by atoms with Gasteiger partial charge in [-0.1, -0.05) is 38.0 Å². The van der Waals surface area contributed by atoms with E-state index in [0.29, 0.717) is 11.3 Å². The van der Waals surface area contributed by atoms with Gasteiger partial charge in [-0.25, -0.2) is 4.98 Å². The maximum atomic E-state index is 10.3. The number of imidazole rings is 1. The first-order chi connectivity index (χ1) is 12.8. The lowest BCUT2D eigenvalue weighted by Crippen LogP contribution is -2.52. The van der Waals surface area contributed by atoms with Gasteiger partial charge in [-0.05, 0) is 74.5 Å². The van der Waals surface area contributed by atoms with Gasteiger partial charge in [0.1, 0.15) is 0 Å². The molecular formula is C24H34N2O. The first-order valence-corrected chi connectivity index (χ1v) is 10.9. The van der Waals surface area contributed by atoms with Crippen LogP contribution in [0, 0.1) is 34.5 Å². The van der Waals surface area contributed by atoms with Crippen LogP contribution in [-0.2, 0) is 0 Å². The summed E-state index contributed by atoms with van der Waals surface area (Å²) in [6, 6.07) is 0. The van der Waals surface area contributed by atoms with E-state index >= 15 is 0 Å². The summed E-state index contributed by atoms with van der Waals surface area (Å²) in [5.74, 6) is 2.87. The Bertz CT molecular complexity index is 806. The van der Waals surface area contributed by atoms with E-state index in [1.807, 2.05) is 12.5 Å². The fraction of sp³-hybridized carbons (Fsp3) is 0.708. The number of allylic oxidation sites excluding steroid dienone is 3. The Morgan fingerprint density at radius 2 is 1.89 bits per heavy atom. The molecule has 5 rings (SSSR count). The SMILES string of the molecule is CC1=C(n2ccnc2)[C@@]2(C)CC[C@@H]3[C@@H](C(C)C=C4CC(O)CC[C@@]43C)[C@@H]2C1. The van der Waals surface area contributed by atoms with Crippen LogP contribution >= 0.6 is 0 Å². The van der Waals surface area contributed by atoms with E-state index in [9.17, 15) is 5.11 Å². The van der Waals surface area contributed by atoms with Gasteiger partial charge in [-0.3, -0.25) is 0 Å². The minimum absolute atomic E-state index is 0.120. The predicted octanol–water partition coefficient (Wildman–Crippen LogP) is 5.29. The fourth-order valence-electron chi connectivity index (χ4n) is 7.82. The number of nitrogens with zero attached hydrogens (tertiary/aromatic N) is 2. The highest BCUT2D eigenvalue weighted by Gasteiger charge is 2.59. The van der Waals surface area contributed by atoms with E-state index in [-0.39, 0.29) is 11.5 Å². The zero-order chi connectivity index (χ0) is 19.0. The monoisotopic (exact) mass is 366 g/mol. The van der Waals surface area contributed by atoms with Crippen molar-refractivity contribution >= 4 is 5.70 Å². The molecule has 0 bridgehead atoms. The molecule has 2 fully saturated rings. The molecular weight excluding hydrogens is 332 g/mol. The summed E-state index contributed by atoms with van der Waals surface area (Å²) in [4.78, 5) is 4.33. The van der Waals surface area contributed by atoms with Gasteiger partial charge in [0.05, 0.1) is 12.4 Å². The van der Waals surface area contributed by atoms with Crippen LogP contribution in [0.1, 0.15) is 66.2 Å². The second-order valence-corrected chi connectivity index (χ2v) is 10.4. The van der Waals surface area contributed by atoms with Crippen LogP contribution in [0.3, 0.4) is 0 Å². The van der Waals surface area contributed by atoms with Crippen molar-refractivity contribution in [1.29, 1.82) is 0 Å². The lowest BCUT2D eigenvalue weighted by atomic mass is 9.46. The van der Waals surface area contributed by atoms with Crippen LogP contribution in [0.25, 0.3) is 5.70 Å². The Morgan fingerprint density at radius 1 is 1.11 bits per heavy atom. The molecule has 0 aliphatic heterocycles. The maximum absolute atomic E-state index is 10.3. The lowest BCUT2D eigenvalue weighted by Gasteiger charge is -2.59. The highest BCUT2D eigenvalue weighted by Crippen LogP contribution is 2.67. The largest absolute Gasteiger partial charge is 0.393 e. The number of aliphatic hydroxyl groups excluding tert-OH is 1. The van der Waals surface area contributed by atoms with Crippen molar-refractivity contribution < 1.29 is 5.11 Å². The molecule has 7 atom stereocenters. The van der Waals surface area contributed by atoms with Gasteiger partial charge in [0.15, 0.2) is 0 Å². The van der Waals surface area contributed by atoms with Gasteiger partial charge < -0.3 is 9.67 Å². The summed E-state index contributed by atoms with van der Waals surface area (Å²) >= 11 is 0. The fourth-order valence-corrected chi connectivity index (χ4v) is 7.82. The molecule has 1 heterocycles. The van der Waals surface area contributed by atoms with Crippen molar-refractivity contribution in [2.24, 2.45) is 34.5 Å². The summed E-state index contributed by atoms with van der Waals surface area (Å²) < 4.78 is 2.29. The Morgan fingerprint density at radius 3 is 2.63 bits per heavy atom. The average molecular weight is 367 g/mol. The van der Waals surface area contributed by atoms with E-state index in [4.69, 9.17) is 0 Å². The quantitative estimate of drug-likeness (QED) is 0.686. The van der Waals surface area contributed by atoms with Crippen LogP contribution in [-0.4, -0.2) is 20.8 Å². The minimum Gasteiger partial charge on any atom is -0.393 e. The second-order valence-electron chi connectivity index (χ2n) is 10.4. The van der Waals surface area contributed by atoms with Gasteiger partial charge in [-0.15, -0.1) is 0 Å². The van der Waals surface area contributed by atoms with E-state index in [0.717, 1.165) is 37.0 Å². The van der Waals surface area contributed by atoms with Crippen molar-refractivity contribution in [2.45, 2.75) is 72.3 Å². The molecule has 27 heavy (non-hydrogen) atoms. The van der Waals surface area contributed by atoms with Crippen molar-refractivity contribution in [1.82, 2.24) is 9.55 Å². The van der Waals surface area contributed by atoms with Crippen LogP contribution in [0.15, 0.2) is 35.9 Å². The van der Waals surface area contributed by atoms with Gasteiger partial charge in [0.25, 0.3) is 0 Å². The van der Waals surface area contributed by atoms with Gasteiger partial charge in [0, 0.05) is 23.5 Å². The minimum atomic E-state index is -0.120. The summed E-state index contributed by atoms with van der Waals surface area (Å²) in [6.45, 7) is 9.84. The van der Waals surface area contributed by atoms with Crippen molar-refractivity contribution in [2.75, 3.05) is 0 Å². The number of hydrogen-bond donors (Lipinski definition) is 1. The summed E-state index contributed by atoms with van der Waals surface area (Å²) in [5.41, 5.74) is 5.22. The first-order valence-electron chi connectivity index (χ1n) is 10.9.